The number of carboxylic acids is 1. The predicted molar refractivity (Wildman–Crippen MR) is 73.5 cm³/mol. The molecule has 0 spiro atoms. The van der Waals surface area contributed by atoms with Gasteiger partial charge in [-0.25, -0.2) is 4.79 Å². The van der Waals surface area contributed by atoms with Gasteiger partial charge in [-0.2, -0.15) is 0 Å². The van der Waals surface area contributed by atoms with E-state index in [1.165, 1.54) is 0 Å². The van der Waals surface area contributed by atoms with E-state index >= 15 is 0 Å². The number of hydrogen-bond acceptors (Lipinski definition) is 4. The maximum absolute atomic E-state index is 11.5. The minimum atomic E-state index is -0.759. The van der Waals surface area contributed by atoms with Crippen molar-refractivity contribution in [1.29, 1.82) is 0 Å². The molecule has 1 atom stereocenters. The molecule has 1 aliphatic heterocycles. The maximum Gasteiger partial charge on any atom is 0.338 e. The van der Waals surface area contributed by atoms with Crippen molar-refractivity contribution in [1.82, 2.24) is 4.90 Å². The third-order valence-electron chi connectivity index (χ3n) is 3.50. The second-order valence-electron chi connectivity index (χ2n) is 4.88. The molecule has 1 aliphatic rings. The predicted octanol–water partition coefficient (Wildman–Crippen LogP) is 1.91. The highest BCUT2D eigenvalue weighted by atomic mass is 16.5. The lowest BCUT2D eigenvalue weighted by atomic mass is 10.1. The van der Waals surface area contributed by atoms with Crippen molar-refractivity contribution < 1.29 is 19.4 Å². The van der Waals surface area contributed by atoms with E-state index in [0.717, 1.165) is 18.5 Å². The number of carbonyl (C=O) groups is 2. The van der Waals surface area contributed by atoms with Crippen LogP contribution in [0.1, 0.15) is 35.7 Å². The Hall–Kier alpha value is -1.88. The van der Waals surface area contributed by atoms with Gasteiger partial charge in [0, 0.05) is 6.54 Å². The number of likely N-dealkylation sites (tertiary alicyclic amines) is 1. The summed E-state index contributed by atoms with van der Waals surface area (Å²) in [5.41, 5.74) is 1.53. The fourth-order valence-electron chi connectivity index (χ4n) is 2.49. The molecule has 5 nitrogen and oxygen atoms in total. The molecule has 5 heteroatoms. The van der Waals surface area contributed by atoms with Gasteiger partial charge in [0.15, 0.2) is 0 Å². The summed E-state index contributed by atoms with van der Waals surface area (Å²) in [6.45, 7) is 3.52. The smallest absolute Gasteiger partial charge is 0.338 e. The van der Waals surface area contributed by atoms with Gasteiger partial charge in [-0.1, -0.05) is 12.1 Å². The number of rotatable bonds is 5. The molecule has 1 aromatic rings. The second kappa shape index (κ2) is 6.52. The fourth-order valence-corrected chi connectivity index (χ4v) is 2.49. The van der Waals surface area contributed by atoms with Crippen molar-refractivity contribution in [3.8, 4) is 0 Å². The number of hydrogen-bond donors (Lipinski definition) is 1. The van der Waals surface area contributed by atoms with Crippen LogP contribution in [0.2, 0.25) is 0 Å². The van der Waals surface area contributed by atoms with Crippen LogP contribution in [-0.2, 0) is 16.1 Å². The van der Waals surface area contributed by atoms with Crippen molar-refractivity contribution >= 4 is 11.9 Å². The molecule has 0 aromatic heterocycles. The summed E-state index contributed by atoms with van der Waals surface area (Å²) in [7, 11) is 0. The first-order chi connectivity index (χ1) is 9.61. The zero-order chi connectivity index (χ0) is 14.5. The van der Waals surface area contributed by atoms with Crippen molar-refractivity contribution in [3.63, 3.8) is 0 Å². The first-order valence-electron chi connectivity index (χ1n) is 6.84. The van der Waals surface area contributed by atoms with Crippen molar-refractivity contribution in [2.45, 2.75) is 32.4 Å². The average Bonchev–Trinajstić information content (AvgIpc) is 2.88. The quantitative estimate of drug-likeness (QED) is 0.833. The van der Waals surface area contributed by atoms with Gasteiger partial charge in [0.25, 0.3) is 0 Å². The Morgan fingerprint density at radius 2 is 2.05 bits per heavy atom. The van der Waals surface area contributed by atoms with E-state index in [-0.39, 0.29) is 12.0 Å². The van der Waals surface area contributed by atoms with Gasteiger partial charge in [0.2, 0.25) is 0 Å². The SMILES string of the molecule is CCOC(=O)c1ccc(CN2CCCC2C(=O)O)cc1. The maximum atomic E-state index is 11.5. The summed E-state index contributed by atoms with van der Waals surface area (Å²) in [6, 6.07) is 6.76. The Morgan fingerprint density at radius 1 is 1.35 bits per heavy atom. The Kier molecular flexibility index (Phi) is 4.74. The lowest BCUT2D eigenvalue weighted by molar-refractivity contribution is -0.142. The van der Waals surface area contributed by atoms with Crippen LogP contribution in [0.15, 0.2) is 24.3 Å². The molecule has 0 aliphatic carbocycles. The monoisotopic (exact) mass is 277 g/mol. The molecule has 1 fully saturated rings. The molecule has 1 aromatic carbocycles. The van der Waals surface area contributed by atoms with Crippen molar-refractivity contribution in [3.05, 3.63) is 35.4 Å². The Balaban J connectivity index is 2.00. The van der Waals surface area contributed by atoms with Gasteiger partial charge < -0.3 is 9.84 Å². The Labute approximate surface area is 118 Å². The molecule has 0 bridgehead atoms. The van der Waals surface area contributed by atoms with Crippen LogP contribution in [0.25, 0.3) is 0 Å². The molecule has 1 heterocycles. The van der Waals surface area contributed by atoms with Crippen LogP contribution in [0.4, 0.5) is 0 Å². The molecular weight excluding hydrogens is 258 g/mol. The van der Waals surface area contributed by atoms with E-state index in [4.69, 9.17) is 9.84 Å². The van der Waals surface area contributed by atoms with Gasteiger partial charge in [-0.05, 0) is 44.0 Å². The van der Waals surface area contributed by atoms with E-state index in [2.05, 4.69) is 0 Å². The van der Waals surface area contributed by atoms with E-state index in [1.807, 2.05) is 17.0 Å². The lowest BCUT2D eigenvalue weighted by Gasteiger charge is -2.21. The number of benzene rings is 1. The van der Waals surface area contributed by atoms with Crippen LogP contribution in [0.3, 0.4) is 0 Å². The van der Waals surface area contributed by atoms with Crippen LogP contribution < -0.4 is 0 Å². The molecular formula is C15H19NO4. The highest BCUT2D eigenvalue weighted by molar-refractivity contribution is 5.89. The number of nitrogens with zero attached hydrogens (tertiary/aromatic N) is 1. The zero-order valence-corrected chi connectivity index (χ0v) is 11.5. The van der Waals surface area contributed by atoms with E-state index in [0.29, 0.717) is 25.1 Å². The van der Waals surface area contributed by atoms with E-state index in [9.17, 15) is 9.59 Å². The van der Waals surface area contributed by atoms with E-state index in [1.54, 1.807) is 19.1 Å². The molecule has 20 heavy (non-hydrogen) atoms. The van der Waals surface area contributed by atoms with Crippen LogP contribution in [-0.4, -0.2) is 41.1 Å². The average molecular weight is 277 g/mol. The number of aliphatic carboxylic acids is 1. The molecule has 108 valence electrons. The number of carbonyl (C=O) groups excluding carboxylic acids is 1. The number of ether oxygens (including phenoxy) is 1. The third-order valence-corrected chi connectivity index (χ3v) is 3.50. The van der Waals surface area contributed by atoms with Crippen molar-refractivity contribution in [2.24, 2.45) is 0 Å². The van der Waals surface area contributed by atoms with Crippen LogP contribution in [0, 0.1) is 0 Å². The standard InChI is InChI=1S/C15H19NO4/c1-2-20-15(19)12-7-5-11(6-8-12)10-16-9-3-4-13(16)14(17)18/h5-8,13H,2-4,9-10H2,1H3,(H,17,18). The second-order valence-corrected chi connectivity index (χ2v) is 4.88. The molecule has 0 amide bonds. The first-order valence-corrected chi connectivity index (χ1v) is 6.84. The Bertz CT molecular complexity index is 483. The minimum absolute atomic E-state index is 0.330. The van der Waals surface area contributed by atoms with Gasteiger partial charge in [0.1, 0.15) is 6.04 Å². The van der Waals surface area contributed by atoms with Crippen LogP contribution in [0.5, 0.6) is 0 Å². The summed E-state index contributed by atoms with van der Waals surface area (Å²) < 4.78 is 4.92. The van der Waals surface area contributed by atoms with E-state index < -0.39 is 5.97 Å². The number of carboxylic acid groups (broad SMARTS) is 1. The summed E-state index contributed by atoms with van der Waals surface area (Å²) in [6.07, 6.45) is 1.62. The first kappa shape index (κ1) is 14.5. The van der Waals surface area contributed by atoms with Crippen LogP contribution >= 0.6 is 0 Å². The molecule has 2 rings (SSSR count). The molecule has 0 radical (unpaired) electrons. The summed E-state index contributed by atoms with van der Waals surface area (Å²) >= 11 is 0. The summed E-state index contributed by atoms with van der Waals surface area (Å²) in [5.74, 6) is -1.09. The zero-order valence-electron chi connectivity index (χ0n) is 11.5. The third kappa shape index (κ3) is 3.36. The Morgan fingerprint density at radius 3 is 2.65 bits per heavy atom. The normalized spacial score (nSPS) is 18.9. The molecule has 1 saturated heterocycles. The fraction of sp³-hybridized carbons (Fsp3) is 0.467. The van der Waals surface area contributed by atoms with Crippen molar-refractivity contribution in [2.75, 3.05) is 13.2 Å². The largest absolute Gasteiger partial charge is 0.480 e. The topological polar surface area (TPSA) is 66.8 Å². The van der Waals surface area contributed by atoms with Gasteiger partial charge in [-0.15, -0.1) is 0 Å². The highest BCUT2D eigenvalue weighted by Gasteiger charge is 2.30. The summed E-state index contributed by atoms with van der Waals surface area (Å²) in [5, 5.41) is 9.13. The lowest BCUT2D eigenvalue weighted by Crippen LogP contribution is -2.35. The number of esters is 1. The molecule has 1 unspecified atom stereocenters. The van der Waals surface area contributed by atoms with Gasteiger partial charge in [-0.3, -0.25) is 9.69 Å². The molecule has 0 saturated carbocycles. The minimum Gasteiger partial charge on any atom is -0.480 e. The van der Waals surface area contributed by atoms with Gasteiger partial charge in [0.05, 0.1) is 12.2 Å². The summed E-state index contributed by atoms with van der Waals surface area (Å²) in [4.78, 5) is 24.6. The van der Waals surface area contributed by atoms with Gasteiger partial charge >= 0.3 is 11.9 Å². The molecule has 1 N–H and O–H groups in total. The highest BCUT2D eigenvalue weighted by Crippen LogP contribution is 2.20.